The van der Waals surface area contributed by atoms with E-state index in [1.54, 1.807) is 24.0 Å². The van der Waals surface area contributed by atoms with E-state index < -0.39 is 30.1 Å². The Kier molecular flexibility index (Phi) is 10.5. The smallest absolute Gasteiger partial charge is 0.408 e. The Morgan fingerprint density at radius 2 is 1.76 bits per heavy atom. The maximum Gasteiger partial charge on any atom is 0.408 e. The van der Waals surface area contributed by atoms with Gasteiger partial charge >= 0.3 is 12.1 Å². The quantitative estimate of drug-likeness (QED) is 0.363. The normalized spacial score (nSPS) is 23.2. The molecule has 0 radical (unpaired) electrons. The van der Waals surface area contributed by atoms with Crippen LogP contribution in [-0.2, 0) is 43.4 Å². The van der Waals surface area contributed by atoms with E-state index in [1.807, 2.05) is 54.6 Å². The molecule has 41 heavy (non-hydrogen) atoms. The van der Waals surface area contributed by atoms with E-state index in [0.29, 0.717) is 13.0 Å². The highest BCUT2D eigenvalue weighted by Gasteiger charge is 2.32. The van der Waals surface area contributed by atoms with E-state index in [1.165, 1.54) is 0 Å². The van der Waals surface area contributed by atoms with Crippen LogP contribution in [0.2, 0.25) is 0 Å². The molecule has 2 aromatic rings. The van der Waals surface area contributed by atoms with Crippen molar-refractivity contribution in [2.45, 2.75) is 63.9 Å². The molecule has 3 N–H and O–H groups in total. The van der Waals surface area contributed by atoms with E-state index in [9.17, 15) is 24.3 Å². The zero-order chi connectivity index (χ0) is 29.2. The molecule has 4 atom stereocenters. The fourth-order valence-electron chi connectivity index (χ4n) is 4.98. The first-order valence-electron chi connectivity index (χ1n) is 13.9. The third kappa shape index (κ3) is 8.40. The van der Waals surface area contributed by atoms with Gasteiger partial charge in [-0.05, 0) is 42.9 Å². The minimum atomic E-state index is -0.976. The molecule has 4 rings (SSSR count). The van der Waals surface area contributed by atoms with Gasteiger partial charge in [0.25, 0.3) is 0 Å². The van der Waals surface area contributed by atoms with Gasteiger partial charge in [0.05, 0.1) is 24.6 Å². The number of aliphatic hydroxyl groups excluding tert-OH is 1. The van der Waals surface area contributed by atoms with Crippen molar-refractivity contribution in [3.63, 3.8) is 0 Å². The number of amides is 3. The maximum atomic E-state index is 13.4. The lowest BCUT2D eigenvalue weighted by Gasteiger charge is -2.36. The number of aliphatic hydroxyl groups is 1. The van der Waals surface area contributed by atoms with Crippen molar-refractivity contribution in [1.29, 1.82) is 0 Å². The topological polar surface area (TPSA) is 134 Å². The van der Waals surface area contributed by atoms with Gasteiger partial charge in [-0.15, -0.1) is 0 Å². The largest absolute Gasteiger partial charge is 0.462 e. The Bertz CT molecular complexity index is 1250. The zero-order valence-electron chi connectivity index (χ0n) is 23.2. The first-order valence-corrected chi connectivity index (χ1v) is 13.9. The standard InChI is InChI=1S/C31H37N3O7/c1-21-19-40-30(38)27(33-31(39)41-20-22-9-3-2-4-10-22)14-8-7-12-24(29(37)32-21)16-28(36)34-17-25-13-6-5-11-23(25)15-26(34)18-35/h2-11,13,21,24,26-27,35H,12,14-20H2,1H3,(H,32,37)(H,33,39)/t21-,24+,26-,27+/m0/s1. The van der Waals surface area contributed by atoms with Gasteiger partial charge in [-0.3, -0.25) is 9.59 Å². The summed E-state index contributed by atoms with van der Waals surface area (Å²) >= 11 is 0. The maximum absolute atomic E-state index is 13.4. The summed E-state index contributed by atoms with van der Waals surface area (Å²) in [5.74, 6) is -1.82. The summed E-state index contributed by atoms with van der Waals surface area (Å²) in [5.41, 5.74) is 2.95. The molecule has 2 heterocycles. The lowest BCUT2D eigenvalue weighted by Crippen LogP contribution is -2.48. The highest BCUT2D eigenvalue weighted by atomic mass is 16.6. The van der Waals surface area contributed by atoms with Gasteiger partial charge in [0.1, 0.15) is 19.3 Å². The summed E-state index contributed by atoms with van der Waals surface area (Å²) in [6.07, 6.45) is 3.59. The molecule has 0 saturated heterocycles. The number of cyclic esters (lactones) is 1. The molecule has 2 aromatic carbocycles. The zero-order valence-corrected chi connectivity index (χ0v) is 23.2. The van der Waals surface area contributed by atoms with Gasteiger partial charge in [-0.25, -0.2) is 9.59 Å². The highest BCUT2D eigenvalue weighted by molar-refractivity contribution is 5.86. The van der Waals surface area contributed by atoms with Crippen molar-refractivity contribution >= 4 is 23.9 Å². The highest BCUT2D eigenvalue weighted by Crippen LogP contribution is 2.25. The third-order valence-electron chi connectivity index (χ3n) is 7.29. The molecule has 0 unspecified atom stereocenters. The van der Waals surface area contributed by atoms with Crippen LogP contribution in [-0.4, -0.2) is 65.2 Å². The van der Waals surface area contributed by atoms with Crippen LogP contribution in [0.3, 0.4) is 0 Å². The molecule has 10 nitrogen and oxygen atoms in total. The molecule has 2 aliphatic rings. The van der Waals surface area contributed by atoms with E-state index in [4.69, 9.17) is 9.47 Å². The Morgan fingerprint density at radius 3 is 2.51 bits per heavy atom. The number of alkyl carbamates (subject to hydrolysis) is 1. The second-order valence-corrected chi connectivity index (χ2v) is 10.5. The van der Waals surface area contributed by atoms with Crippen molar-refractivity contribution in [1.82, 2.24) is 15.5 Å². The summed E-state index contributed by atoms with van der Waals surface area (Å²) in [4.78, 5) is 53.2. The summed E-state index contributed by atoms with van der Waals surface area (Å²) < 4.78 is 10.6. The molecule has 0 aromatic heterocycles. The number of allylic oxidation sites excluding steroid dienone is 1. The number of benzene rings is 2. The van der Waals surface area contributed by atoms with Crippen LogP contribution in [0, 0.1) is 5.92 Å². The number of carbonyl (C=O) groups excluding carboxylic acids is 4. The SMILES string of the molecule is C[C@H]1COC(=O)[C@H](NC(=O)OCc2ccccc2)CC=CC[C@H](CC(=O)N2Cc3ccccc3C[C@H]2CO)C(=O)N1. The average Bonchev–Trinajstić information content (AvgIpc) is 2.98. The number of hydrogen-bond acceptors (Lipinski definition) is 7. The molecule has 0 fully saturated rings. The fraction of sp³-hybridized carbons (Fsp3) is 0.419. The van der Waals surface area contributed by atoms with Crippen molar-refractivity contribution in [3.05, 3.63) is 83.4 Å². The van der Waals surface area contributed by atoms with E-state index in [-0.39, 0.29) is 56.9 Å². The monoisotopic (exact) mass is 563 g/mol. The lowest BCUT2D eigenvalue weighted by atomic mass is 9.92. The number of esters is 1. The van der Waals surface area contributed by atoms with E-state index in [2.05, 4.69) is 10.6 Å². The number of nitrogens with one attached hydrogen (secondary N) is 2. The number of rotatable bonds is 6. The van der Waals surface area contributed by atoms with Crippen molar-refractivity contribution in [2.75, 3.05) is 13.2 Å². The fourth-order valence-corrected chi connectivity index (χ4v) is 4.98. The van der Waals surface area contributed by atoms with Crippen molar-refractivity contribution in [3.8, 4) is 0 Å². The minimum Gasteiger partial charge on any atom is -0.462 e. The molecular formula is C31H37N3O7. The van der Waals surface area contributed by atoms with Crippen LogP contribution in [0.15, 0.2) is 66.7 Å². The average molecular weight is 564 g/mol. The summed E-state index contributed by atoms with van der Waals surface area (Å²) in [5, 5.41) is 15.4. The van der Waals surface area contributed by atoms with Crippen LogP contribution < -0.4 is 10.6 Å². The number of carbonyl (C=O) groups is 4. The second-order valence-electron chi connectivity index (χ2n) is 10.5. The first-order chi connectivity index (χ1) is 19.8. The molecule has 0 aliphatic carbocycles. The number of ether oxygens (including phenoxy) is 2. The number of nitrogens with zero attached hydrogens (tertiary/aromatic N) is 1. The van der Waals surface area contributed by atoms with Crippen molar-refractivity contribution in [2.24, 2.45) is 5.92 Å². The van der Waals surface area contributed by atoms with Gasteiger partial charge in [0.2, 0.25) is 11.8 Å². The molecule has 0 spiro atoms. The predicted octanol–water partition coefficient (Wildman–Crippen LogP) is 2.63. The molecule has 0 bridgehead atoms. The van der Waals surface area contributed by atoms with Gasteiger partial charge < -0.3 is 30.1 Å². The number of fused-ring (bicyclic) bond motifs is 1. The van der Waals surface area contributed by atoms with E-state index >= 15 is 0 Å². The first kappa shape index (κ1) is 29.8. The Hall–Kier alpha value is -4.18. The summed E-state index contributed by atoms with van der Waals surface area (Å²) in [7, 11) is 0. The van der Waals surface area contributed by atoms with Crippen LogP contribution in [0.5, 0.6) is 0 Å². The van der Waals surface area contributed by atoms with Crippen LogP contribution in [0.4, 0.5) is 4.79 Å². The Balaban J connectivity index is 1.39. The molecule has 218 valence electrons. The van der Waals surface area contributed by atoms with Crippen LogP contribution >= 0.6 is 0 Å². The Labute approximate surface area is 239 Å². The van der Waals surface area contributed by atoms with Gasteiger partial charge in [0.15, 0.2) is 0 Å². The van der Waals surface area contributed by atoms with E-state index in [0.717, 1.165) is 16.7 Å². The van der Waals surface area contributed by atoms with Gasteiger partial charge in [0, 0.05) is 13.0 Å². The van der Waals surface area contributed by atoms with Crippen LogP contribution in [0.1, 0.15) is 42.9 Å². The van der Waals surface area contributed by atoms with Crippen LogP contribution in [0.25, 0.3) is 0 Å². The minimum absolute atomic E-state index is 0.0329. The molecule has 0 saturated carbocycles. The predicted molar refractivity (Wildman–Crippen MR) is 150 cm³/mol. The molecule has 2 aliphatic heterocycles. The second kappa shape index (κ2) is 14.5. The Morgan fingerprint density at radius 1 is 1.05 bits per heavy atom. The van der Waals surface area contributed by atoms with Gasteiger partial charge in [-0.1, -0.05) is 66.7 Å². The molecule has 10 heteroatoms. The summed E-state index contributed by atoms with van der Waals surface area (Å²) in [6, 6.07) is 15.2. The van der Waals surface area contributed by atoms with Crippen molar-refractivity contribution < 1.29 is 33.8 Å². The summed E-state index contributed by atoms with van der Waals surface area (Å²) in [6.45, 7) is 1.88. The lowest BCUT2D eigenvalue weighted by molar-refractivity contribution is -0.147. The molecule has 3 amide bonds. The number of hydrogen-bond donors (Lipinski definition) is 3. The molecular weight excluding hydrogens is 526 g/mol. The van der Waals surface area contributed by atoms with Gasteiger partial charge in [-0.2, -0.15) is 0 Å². The third-order valence-corrected chi connectivity index (χ3v) is 7.29.